The molecule has 5 nitrogen and oxygen atoms in total. The molecule has 2 N–H and O–H groups in total. The van der Waals surface area contributed by atoms with Crippen molar-refractivity contribution in [2.24, 2.45) is 0 Å². The second-order valence-corrected chi connectivity index (χ2v) is 3.08. The molecule has 1 aromatic carbocycles. The highest BCUT2D eigenvalue weighted by Crippen LogP contribution is 2.16. The summed E-state index contributed by atoms with van der Waals surface area (Å²) in [4.78, 5) is 18.5. The largest absolute Gasteiger partial charge is 0.477 e. The maximum atomic E-state index is 10.9. The van der Waals surface area contributed by atoms with Crippen LogP contribution in [0.15, 0.2) is 42.9 Å². The number of carbonyl (C=O) groups is 1. The number of aromatic carboxylic acids is 1. The molecule has 1 heterocycles. The second kappa shape index (κ2) is 4.39. The van der Waals surface area contributed by atoms with Gasteiger partial charge < -0.3 is 10.4 Å². The van der Waals surface area contributed by atoms with Gasteiger partial charge in [0.05, 0.1) is 0 Å². The van der Waals surface area contributed by atoms with Crippen LogP contribution in [0.3, 0.4) is 0 Å². The van der Waals surface area contributed by atoms with Crippen molar-refractivity contribution in [1.29, 1.82) is 0 Å². The zero-order valence-corrected chi connectivity index (χ0v) is 8.29. The van der Waals surface area contributed by atoms with E-state index in [0.29, 0.717) is 0 Å². The number of nitrogens with zero attached hydrogens (tertiary/aromatic N) is 2. The van der Waals surface area contributed by atoms with E-state index in [0.717, 1.165) is 5.69 Å². The highest BCUT2D eigenvalue weighted by Gasteiger charge is 2.10. The molecule has 0 amide bonds. The summed E-state index contributed by atoms with van der Waals surface area (Å²) in [5.74, 6) is -0.771. The van der Waals surface area contributed by atoms with Gasteiger partial charge in [0.2, 0.25) is 0 Å². The van der Waals surface area contributed by atoms with Crippen LogP contribution in [0.25, 0.3) is 0 Å². The van der Waals surface area contributed by atoms with Crippen molar-refractivity contribution in [2.45, 2.75) is 0 Å². The van der Waals surface area contributed by atoms with Gasteiger partial charge in [-0.05, 0) is 12.1 Å². The Kier molecular flexibility index (Phi) is 2.77. The molecule has 16 heavy (non-hydrogen) atoms. The Morgan fingerprint density at radius 3 is 2.69 bits per heavy atom. The molecule has 0 bridgehead atoms. The number of hydrogen-bond donors (Lipinski definition) is 2. The number of benzene rings is 1. The molecular formula is C11H9N3O2. The highest BCUT2D eigenvalue weighted by molar-refractivity contribution is 5.93. The van der Waals surface area contributed by atoms with Gasteiger partial charge in [0, 0.05) is 11.9 Å². The predicted molar refractivity (Wildman–Crippen MR) is 58.7 cm³/mol. The molecule has 0 aliphatic heterocycles. The van der Waals surface area contributed by atoms with E-state index in [9.17, 15) is 4.79 Å². The minimum Gasteiger partial charge on any atom is -0.477 e. The van der Waals surface area contributed by atoms with Crippen molar-refractivity contribution in [1.82, 2.24) is 9.97 Å². The van der Waals surface area contributed by atoms with Gasteiger partial charge in [-0.25, -0.2) is 14.8 Å². The summed E-state index contributed by atoms with van der Waals surface area (Å²) in [5, 5.41) is 11.8. The third-order valence-corrected chi connectivity index (χ3v) is 1.98. The molecule has 0 fully saturated rings. The van der Waals surface area contributed by atoms with E-state index in [4.69, 9.17) is 5.11 Å². The molecule has 0 aliphatic carbocycles. The van der Waals surface area contributed by atoms with Crippen LogP contribution in [-0.4, -0.2) is 21.0 Å². The number of para-hydroxylation sites is 1. The summed E-state index contributed by atoms with van der Waals surface area (Å²) in [7, 11) is 0. The fourth-order valence-electron chi connectivity index (χ4n) is 1.24. The number of carboxylic acids is 1. The Morgan fingerprint density at radius 2 is 2.00 bits per heavy atom. The Balaban J connectivity index is 2.31. The van der Waals surface area contributed by atoms with Crippen LogP contribution in [0.2, 0.25) is 0 Å². The van der Waals surface area contributed by atoms with Crippen molar-refractivity contribution in [3.05, 3.63) is 48.4 Å². The van der Waals surface area contributed by atoms with Gasteiger partial charge in [-0.1, -0.05) is 18.2 Å². The van der Waals surface area contributed by atoms with Crippen LogP contribution in [0, 0.1) is 0 Å². The molecule has 0 spiro atoms. The molecule has 0 radical (unpaired) electrons. The molecule has 0 saturated heterocycles. The Bertz CT molecular complexity index is 500. The number of nitrogens with one attached hydrogen (secondary N) is 1. The van der Waals surface area contributed by atoms with Crippen molar-refractivity contribution in [2.75, 3.05) is 5.32 Å². The highest BCUT2D eigenvalue weighted by atomic mass is 16.4. The zero-order chi connectivity index (χ0) is 11.4. The number of rotatable bonds is 3. The van der Waals surface area contributed by atoms with Gasteiger partial charge in [-0.15, -0.1) is 0 Å². The van der Waals surface area contributed by atoms with E-state index >= 15 is 0 Å². The summed E-state index contributed by atoms with van der Waals surface area (Å²) in [5.41, 5.74) is 0.829. The van der Waals surface area contributed by atoms with Gasteiger partial charge >= 0.3 is 5.97 Å². The molecule has 5 heteroatoms. The third-order valence-electron chi connectivity index (χ3n) is 1.98. The van der Waals surface area contributed by atoms with Crippen molar-refractivity contribution >= 4 is 17.5 Å². The number of carboxylic acid groups (broad SMARTS) is 1. The number of hydrogen-bond acceptors (Lipinski definition) is 4. The first-order valence-corrected chi connectivity index (χ1v) is 4.63. The van der Waals surface area contributed by atoms with Gasteiger partial charge in [-0.2, -0.15) is 0 Å². The summed E-state index contributed by atoms with van der Waals surface area (Å²) in [6.07, 6.45) is 2.57. The van der Waals surface area contributed by atoms with Gasteiger partial charge in [0.15, 0.2) is 0 Å². The molecule has 80 valence electrons. The average molecular weight is 215 g/mol. The van der Waals surface area contributed by atoms with Gasteiger partial charge in [-0.3, -0.25) is 0 Å². The zero-order valence-electron chi connectivity index (χ0n) is 8.29. The lowest BCUT2D eigenvalue weighted by atomic mass is 10.3. The number of anilines is 2. The van der Waals surface area contributed by atoms with E-state index in [1.54, 1.807) is 0 Å². The molecule has 0 saturated carbocycles. The molecule has 0 unspecified atom stereocenters. The summed E-state index contributed by atoms with van der Waals surface area (Å²) < 4.78 is 0. The molecule has 1 aromatic heterocycles. The Hall–Kier alpha value is -2.43. The SMILES string of the molecule is O=C(O)c1cncnc1Nc1ccccc1. The van der Waals surface area contributed by atoms with E-state index in [1.165, 1.54) is 12.5 Å². The van der Waals surface area contributed by atoms with Crippen molar-refractivity contribution in [3.8, 4) is 0 Å². The maximum absolute atomic E-state index is 10.9. The quantitative estimate of drug-likeness (QED) is 0.818. The number of aromatic nitrogens is 2. The fraction of sp³-hybridized carbons (Fsp3) is 0. The summed E-state index contributed by atoms with van der Waals surface area (Å²) >= 11 is 0. The van der Waals surface area contributed by atoms with E-state index in [-0.39, 0.29) is 11.4 Å². The normalized spacial score (nSPS) is 9.75. The monoisotopic (exact) mass is 215 g/mol. The van der Waals surface area contributed by atoms with E-state index in [2.05, 4.69) is 15.3 Å². The van der Waals surface area contributed by atoms with Crippen molar-refractivity contribution < 1.29 is 9.90 Å². The van der Waals surface area contributed by atoms with E-state index in [1.807, 2.05) is 30.3 Å². The van der Waals surface area contributed by atoms with Crippen LogP contribution >= 0.6 is 0 Å². The summed E-state index contributed by atoms with van der Waals surface area (Å²) in [6, 6.07) is 9.23. The van der Waals surface area contributed by atoms with Crippen LogP contribution in [0.1, 0.15) is 10.4 Å². The molecule has 2 aromatic rings. The van der Waals surface area contributed by atoms with Crippen molar-refractivity contribution in [3.63, 3.8) is 0 Å². The first-order valence-electron chi connectivity index (χ1n) is 4.63. The lowest BCUT2D eigenvalue weighted by Gasteiger charge is -2.06. The fourth-order valence-corrected chi connectivity index (χ4v) is 1.24. The molecule has 2 rings (SSSR count). The smallest absolute Gasteiger partial charge is 0.341 e. The third kappa shape index (κ3) is 2.14. The minimum atomic E-state index is -1.06. The van der Waals surface area contributed by atoms with Crippen LogP contribution in [0.5, 0.6) is 0 Å². The summed E-state index contributed by atoms with van der Waals surface area (Å²) in [6.45, 7) is 0. The second-order valence-electron chi connectivity index (χ2n) is 3.08. The Morgan fingerprint density at radius 1 is 1.25 bits per heavy atom. The van der Waals surface area contributed by atoms with Crippen LogP contribution < -0.4 is 5.32 Å². The van der Waals surface area contributed by atoms with Gasteiger partial charge in [0.25, 0.3) is 0 Å². The average Bonchev–Trinajstić information content (AvgIpc) is 2.31. The minimum absolute atomic E-state index is 0.0475. The topological polar surface area (TPSA) is 75.1 Å². The molecule has 0 atom stereocenters. The lowest BCUT2D eigenvalue weighted by molar-refractivity contribution is 0.0697. The Labute approximate surface area is 91.8 Å². The predicted octanol–water partition coefficient (Wildman–Crippen LogP) is 1.92. The van der Waals surface area contributed by atoms with Crippen LogP contribution in [-0.2, 0) is 0 Å². The first kappa shape index (κ1) is 10.1. The molecular weight excluding hydrogens is 206 g/mol. The standard InChI is InChI=1S/C11H9N3O2/c15-11(16)9-6-12-7-13-10(9)14-8-4-2-1-3-5-8/h1-7H,(H,15,16)(H,12,13,14). The van der Waals surface area contributed by atoms with Gasteiger partial charge in [0.1, 0.15) is 17.7 Å². The maximum Gasteiger partial charge on any atom is 0.341 e. The van der Waals surface area contributed by atoms with E-state index < -0.39 is 5.97 Å². The lowest BCUT2D eigenvalue weighted by Crippen LogP contribution is -2.05. The van der Waals surface area contributed by atoms with Crippen LogP contribution in [0.4, 0.5) is 11.5 Å². The molecule has 0 aliphatic rings. The first-order chi connectivity index (χ1) is 7.77.